The normalized spacial score (nSPS) is 18.8. The number of hydrogen-bond donors (Lipinski definition) is 3. The molecule has 1 saturated carbocycles. The number of hydrogen-bond acceptors (Lipinski definition) is 8. The number of fused-ring (bicyclic) bond motifs is 2. The van der Waals surface area contributed by atoms with Crippen molar-refractivity contribution < 1.29 is 32.6 Å². The number of carbonyl (C=O) groups is 2. The van der Waals surface area contributed by atoms with Gasteiger partial charge in [0.2, 0.25) is 11.9 Å². The summed E-state index contributed by atoms with van der Waals surface area (Å²) in [5.41, 5.74) is 4.30. The maximum Gasteiger partial charge on any atom is 0.490 e. The molecule has 1 amide bonds. The van der Waals surface area contributed by atoms with Gasteiger partial charge in [-0.2, -0.15) is 23.3 Å². The summed E-state index contributed by atoms with van der Waals surface area (Å²) in [6.07, 6.45) is 1.48. The van der Waals surface area contributed by atoms with Crippen LogP contribution in [0.25, 0.3) is 11.0 Å². The maximum atomic E-state index is 11.2. The zero-order valence-corrected chi connectivity index (χ0v) is 21.7. The van der Waals surface area contributed by atoms with Crippen molar-refractivity contribution in [1.82, 2.24) is 30.0 Å². The van der Waals surface area contributed by atoms with Gasteiger partial charge in [-0.1, -0.05) is 0 Å². The van der Waals surface area contributed by atoms with Crippen LogP contribution in [0, 0.1) is 5.92 Å². The molecular formula is C25H30F3N7O4. The van der Waals surface area contributed by atoms with Gasteiger partial charge in [0.25, 0.3) is 0 Å². The zero-order chi connectivity index (χ0) is 28.3. The standard InChI is InChI=1S/C23H29N7O2.C2HF3O2/c1-14(31)26-19-6-15(7-19)12-30-22-18(11-25-30)10-24-23(28-22)27-20-8-17-13-29(2)5-4-16(17)9-21(20)32-3;3-2(4,5)1(6)7/h8-11,15,19H,4-7,12-13H2,1-3H3,(H,26,31)(H,24,27,28);(H,6,7). The van der Waals surface area contributed by atoms with Crippen molar-refractivity contribution in [3.05, 3.63) is 35.7 Å². The number of carboxylic acids is 1. The second-order valence-corrected chi connectivity index (χ2v) is 9.77. The number of rotatable bonds is 6. The molecule has 0 saturated heterocycles. The van der Waals surface area contributed by atoms with Gasteiger partial charge < -0.3 is 25.4 Å². The van der Waals surface area contributed by atoms with E-state index < -0.39 is 12.1 Å². The molecule has 0 spiro atoms. The summed E-state index contributed by atoms with van der Waals surface area (Å²) in [7, 11) is 3.83. The summed E-state index contributed by atoms with van der Waals surface area (Å²) < 4.78 is 39.3. The van der Waals surface area contributed by atoms with Gasteiger partial charge in [0.1, 0.15) is 5.75 Å². The Hall–Kier alpha value is -3.94. The number of likely N-dealkylation sites (N-methyl/N-ethyl adjacent to an activating group) is 1. The first-order valence-electron chi connectivity index (χ1n) is 12.3. The Morgan fingerprint density at radius 1 is 1.21 bits per heavy atom. The predicted octanol–water partition coefficient (Wildman–Crippen LogP) is 3.11. The van der Waals surface area contributed by atoms with Crippen LogP contribution >= 0.6 is 0 Å². The number of nitrogens with one attached hydrogen (secondary N) is 2. The summed E-state index contributed by atoms with van der Waals surface area (Å²) in [4.78, 5) is 31.7. The molecule has 1 fully saturated rings. The number of carbonyl (C=O) groups excluding carboxylic acids is 1. The number of amides is 1. The van der Waals surface area contributed by atoms with Crippen molar-refractivity contribution in [1.29, 1.82) is 0 Å². The van der Waals surface area contributed by atoms with Crippen molar-refractivity contribution in [3.63, 3.8) is 0 Å². The lowest BCUT2D eigenvalue weighted by Gasteiger charge is -2.35. The highest BCUT2D eigenvalue weighted by molar-refractivity contribution is 5.76. The average Bonchev–Trinajstić information content (AvgIpc) is 3.23. The Morgan fingerprint density at radius 3 is 2.56 bits per heavy atom. The van der Waals surface area contributed by atoms with E-state index in [1.807, 2.05) is 4.68 Å². The van der Waals surface area contributed by atoms with Crippen LogP contribution < -0.4 is 15.4 Å². The van der Waals surface area contributed by atoms with Gasteiger partial charge in [-0.25, -0.2) is 14.5 Å². The number of carboxylic acid groups (broad SMARTS) is 1. The van der Waals surface area contributed by atoms with Crippen LogP contribution in [0.15, 0.2) is 24.5 Å². The van der Waals surface area contributed by atoms with E-state index in [4.69, 9.17) is 19.6 Å². The van der Waals surface area contributed by atoms with Crippen LogP contribution in [0.1, 0.15) is 30.9 Å². The molecule has 0 radical (unpaired) electrons. The quantitative estimate of drug-likeness (QED) is 0.424. The van der Waals surface area contributed by atoms with Gasteiger partial charge in [-0.05, 0) is 55.5 Å². The van der Waals surface area contributed by atoms with Crippen LogP contribution in [-0.2, 0) is 29.1 Å². The van der Waals surface area contributed by atoms with Gasteiger partial charge in [-0.3, -0.25) is 4.79 Å². The number of nitrogens with zero attached hydrogens (tertiary/aromatic N) is 5. The largest absolute Gasteiger partial charge is 0.495 e. The lowest BCUT2D eigenvalue weighted by Crippen LogP contribution is -2.44. The third-order valence-electron chi connectivity index (χ3n) is 6.66. The van der Waals surface area contributed by atoms with Crippen molar-refractivity contribution in [3.8, 4) is 5.75 Å². The van der Waals surface area contributed by atoms with E-state index in [9.17, 15) is 18.0 Å². The summed E-state index contributed by atoms with van der Waals surface area (Å²) in [6.45, 7) is 4.32. The number of benzene rings is 1. The van der Waals surface area contributed by atoms with Crippen LogP contribution in [0.5, 0.6) is 5.75 Å². The van der Waals surface area contributed by atoms with Gasteiger partial charge in [0, 0.05) is 38.8 Å². The number of anilines is 2. The van der Waals surface area contributed by atoms with E-state index in [-0.39, 0.29) is 11.9 Å². The summed E-state index contributed by atoms with van der Waals surface area (Å²) >= 11 is 0. The Bertz CT molecular complexity index is 1360. The molecule has 1 aliphatic heterocycles. The number of methoxy groups -OCH3 is 1. The monoisotopic (exact) mass is 549 g/mol. The van der Waals surface area contributed by atoms with Crippen LogP contribution in [0.2, 0.25) is 0 Å². The highest BCUT2D eigenvalue weighted by atomic mass is 19.4. The van der Waals surface area contributed by atoms with E-state index in [0.717, 1.165) is 61.4 Å². The van der Waals surface area contributed by atoms with Crippen LogP contribution in [0.4, 0.5) is 24.8 Å². The SMILES string of the molecule is COc1cc2c(cc1Nc1ncc3cnn(CC4CC(NC(C)=O)C4)c3n1)CN(C)CC2.O=C(O)C(F)(F)F. The lowest BCUT2D eigenvalue weighted by atomic mass is 9.80. The number of aliphatic carboxylic acids is 1. The van der Waals surface area contributed by atoms with Crippen molar-refractivity contribution in [2.75, 3.05) is 26.0 Å². The van der Waals surface area contributed by atoms with Gasteiger partial charge >= 0.3 is 12.1 Å². The van der Waals surface area contributed by atoms with E-state index in [0.29, 0.717) is 11.9 Å². The van der Waals surface area contributed by atoms with Gasteiger partial charge in [0.15, 0.2) is 5.65 Å². The van der Waals surface area contributed by atoms with E-state index in [2.05, 4.69) is 44.8 Å². The molecule has 0 atom stereocenters. The highest BCUT2D eigenvalue weighted by Gasteiger charge is 2.38. The molecule has 3 N–H and O–H groups in total. The average molecular weight is 550 g/mol. The maximum absolute atomic E-state index is 11.2. The second-order valence-electron chi connectivity index (χ2n) is 9.77. The molecule has 1 aromatic carbocycles. The number of aromatic nitrogens is 4. The third kappa shape index (κ3) is 6.93. The number of ether oxygens (including phenoxy) is 1. The van der Waals surface area contributed by atoms with E-state index >= 15 is 0 Å². The highest BCUT2D eigenvalue weighted by Crippen LogP contribution is 2.33. The third-order valence-corrected chi connectivity index (χ3v) is 6.66. The topological polar surface area (TPSA) is 134 Å². The Labute approximate surface area is 222 Å². The fourth-order valence-electron chi connectivity index (χ4n) is 4.71. The molecule has 2 aromatic heterocycles. The smallest absolute Gasteiger partial charge is 0.490 e. The predicted molar refractivity (Wildman–Crippen MR) is 136 cm³/mol. The Kier molecular flexibility index (Phi) is 8.23. The van der Waals surface area contributed by atoms with E-state index in [1.54, 1.807) is 26.4 Å². The molecule has 1 aliphatic carbocycles. The minimum Gasteiger partial charge on any atom is -0.495 e. The summed E-state index contributed by atoms with van der Waals surface area (Å²) in [5.74, 6) is -0.923. The van der Waals surface area contributed by atoms with Crippen molar-refractivity contribution in [2.45, 2.75) is 51.5 Å². The molecule has 210 valence electrons. The molecule has 3 aromatic rings. The van der Waals surface area contributed by atoms with Crippen LogP contribution in [-0.4, -0.2) is 74.6 Å². The second kappa shape index (κ2) is 11.4. The summed E-state index contributed by atoms with van der Waals surface area (Å²) in [6, 6.07) is 4.54. The first kappa shape index (κ1) is 28.1. The number of halogens is 3. The van der Waals surface area contributed by atoms with Crippen LogP contribution in [0.3, 0.4) is 0 Å². The molecular weight excluding hydrogens is 519 g/mol. The molecule has 2 aliphatic rings. The van der Waals surface area contributed by atoms with E-state index in [1.165, 1.54) is 11.1 Å². The fraction of sp³-hybridized carbons (Fsp3) is 0.480. The fourth-order valence-corrected chi connectivity index (χ4v) is 4.71. The Balaban J connectivity index is 0.000000448. The zero-order valence-electron chi connectivity index (χ0n) is 21.7. The first-order chi connectivity index (χ1) is 18.4. The number of alkyl halides is 3. The Morgan fingerprint density at radius 2 is 1.92 bits per heavy atom. The van der Waals surface area contributed by atoms with Gasteiger partial charge in [0.05, 0.1) is 24.4 Å². The molecule has 5 rings (SSSR count). The molecule has 39 heavy (non-hydrogen) atoms. The van der Waals surface area contributed by atoms with Gasteiger partial charge in [-0.15, -0.1) is 0 Å². The minimum absolute atomic E-state index is 0.0331. The molecule has 14 heteroatoms. The first-order valence-corrected chi connectivity index (χ1v) is 12.3. The minimum atomic E-state index is -5.08. The van der Waals surface area contributed by atoms with Crippen molar-refractivity contribution in [2.24, 2.45) is 5.92 Å². The molecule has 0 bridgehead atoms. The molecule has 0 unspecified atom stereocenters. The molecule has 3 heterocycles. The summed E-state index contributed by atoms with van der Waals surface area (Å²) in [5, 5.41) is 18.9. The van der Waals surface area contributed by atoms with Crippen molar-refractivity contribution >= 4 is 34.5 Å². The lowest BCUT2D eigenvalue weighted by molar-refractivity contribution is -0.192. The molecule has 11 nitrogen and oxygen atoms in total.